The van der Waals surface area contributed by atoms with E-state index in [0.717, 1.165) is 25.5 Å². The molecule has 1 aromatic carbocycles. The normalized spacial score (nSPS) is 16.6. The van der Waals surface area contributed by atoms with Crippen LogP contribution in [0.25, 0.3) is 0 Å². The predicted molar refractivity (Wildman–Crippen MR) is 107 cm³/mol. The number of rotatable bonds is 5. The van der Waals surface area contributed by atoms with Crippen molar-refractivity contribution < 1.29 is 19.1 Å². The second kappa shape index (κ2) is 8.14. The van der Waals surface area contributed by atoms with Crippen LogP contribution in [0.4, 0.5) is 4.79 Å². The summed E-state index contributed by atoms with van der Waals surface area (Å²) >= 11 is 4.92. The average molecular weight is 451 g/mol. The lowest BCUT2D eigenvalue weighted by Crippen LogP contribution is -2.45. The lowest BCUT2D eigenvalue weighted by atomic mass is 10.0. The van der Waals surface area contributed by atoms with Gasteiger partial charge in [-0.1, -0.05) is 15.9 Å². The number of ether oxygens (including phenoxy) is 2. The van der Waals surface area contributed by atoms with Crippen molar-refractivity contribution >= 4 is 39.3 Å². The average Bonchev–Trinajstić information content (AvgIpc) is 3.01. The van der Waals surface area contributed by atoms with Crippen LogP contribution in [0, 0.1) is 6.92 Å². The van der Waals surface area contributed by atoms with Gasteiger partial charge in [0.05, 0.1) is 18.7 Å². The Bertz CT molecular complexity index is 905. The summed E-state index contributed by atoms with van der Waals surface area (Å²) < 4.78 is 11.7. The molecular formula is C19H19BrN2O4S. The molecule has 0 bridgehead atoms. The van der Waals surface area contributed by atoms with E-state index >= 15 is 0 Å². The summed E-state index contributed by atoms with van der Waals surface area (Å²) in [6, 6.07) is 8.69. The molecule has 1 atom stereocenters. The number of amides is 2. The Morgan fingerprint density at radius 1 is 1.26 bits per heavy atom. The maximum Gasteiger partial charge on any atom is 0.338 e. The number of urea groups is 1. The monoisotopic (exact) mass is 450 g/mol. The molecular weight excluding hydrogens is 432 g/mol. The van der Waals surface area contributed by atoms with E-state index in [0.29, 0.717) is 17.9 Å². The summed E-state index contributed by atoms with van der Waals surface area (Å²) in [6.07, 6.45) is 0. The first kappa shape index (κ1) is 19.4. The summed E-state index contributed by atoms with van der Waals surface area (Å²) in [5.41, 5.74) is 1.90. The summed E-state index contributed by atoms with van der Waals surface area (Å²) in [5, 5.41) is 5.43. The van der Waals surface area contributed by atoms with Crippen LogP contribution in [-0.2, 0) is 16.1 Å². The fourth-order valence-electron chi connectivity index (χ4n) is 2.81. The molecule has 1 aliphatic heterocycles. The quantitative estimate of drug-likeness (QED) is 0.669. The van der Waals surface area contributed by atoms with E-state index in [2.05, 4.69) is 26.6 Å². The van der Waals surface area contributed by atoms with Crippen molar-refractivity contribution in [1.82, 2.24) is 10.6 Å². The highest BCUT2D eigenvalue weighted by molar-refractivity contribution is 9.10. The zero-order chi connectivity index (χ0) is 19.6. The van der Waals surface area contributed by atoms with Crippen molar-refractivity contribution in [3.05, 3.63) is 61.4 Å². The van der Waals surface area contributed by atoms with Gasteiger partial charge in [0.2, 0.25) is 0 Å². The van der Waals surface area contributed by atoms with Crippen LogP contribution >= 0.6 is 27.3 Å². The third-order valence-corrected chi connectivity index (χ3v) is 5.89. The smallest absolute Gasteiger partial charge is 0.338 e. The van der Waals surface area contributed by atoms with Gasteiger partial charge < -0.3 is 20.1 Å². The molecule has 2 N–H and O–H groups in total. The van der Waals surface area contributed by atoms with E-state index in [4.69, 9.17) is 9.47 Å². The van der Waals surface area contributed by atoms with Gasteiger partial charge in [0, 0.05) is 25.5 Å². The topological polar surface area (TPSA) is 76.7 Å². The van der Waals surface area contributed by atoms with E-state index in [1.54, 1.807) is 6.92 Å². The van der Waals surface area contributed by atoms with Crippen molar-refractivity contribution in [2.45, 2.75) is 26.5 Å². The third-order valence-electron chi connectivity index (χ3n) is 4.21. The van der Waals surface area contributed by atoms with Gasteiger partial charge in [0.15, 0.2) is 0 Å². The Labute approximate surface area is 169 Å². The number of carbonyl (C=O) groups is 2. The number of hydrogen-bond donors (Lipinski definition) is 2. The number of thiophene rings is 1. The van der Waals surface area contributed by atoms with Crippen LogP contribution in [0.1, 0.15) is 28.3 Å². The van der Waals surface area contributed by atoms with E-state index in [-0.39, 0.29) is 6.03 Å². The Hall–Kier alpha value is -2.32. The molecule has 27 heavy (non-hydrogen) atoms. The highest BCUT2D eigenvalue weighted by Gasteiger charge is 2.33. The molecule has 6 nitrogen and oxygen atoms in total. The molecule has 1 aliphatic rings. The van der Waals surface area contributed by atoms with Crippen LogP contribution in [0.15, 0.2) is 46.1 Å². The van der Waals surface area contributed by atoms with Gasteiger partial charge in [-0.2, -0.15) is 0 Å². The molecule has 0 spiro atoms. The molecule has 2 heterocycles. The summed E-state index contributed by atoms with van der Waals surface area (Å²) in [7, 11) is 1.33. The number of esters is 1. The number of aryl methyl sites for hydroxylation is 1. The molecule has 0 aliphatic carbocycles. The number of methoxy groups -OCH3 is 1. The minimum atomic E-state index is -0.545. The Kier molecular flexibility index (Phi) is 5.86. The van der Waals surface area contributed by atoms with Gasteiger partial charge in [0.25, 0.3) is 0 Å². The zero-order valence-corrected chi connectivity index (χ0v) is 17.5. The molecule has 1 aromatic heterocycles. The van der Waals surface area contributed by atoms with Crippen molar-refractivity contribution in [3.8, 4) is 5.75 Å². The van der Waals surface area contributed by atoms with Crippen LogP contribution < -0.4 is 15.4 Å². The van der Waals surface area contributed by atoms with Crippen molar-refractivity contribution in [2.24, 2.45) is 0 Å². The van der Waals surface area contributed by atoms with Gasteiger partial charge in [-0.05, 0) is 44.2 Å². The van der Waals surface area contributed by atoms with E-state index in [1.165, 1.54) is 18.4 Å². The Morgan fingerprint density at radius 3 is 2.63 bits per heavy atom. The number of nitrogens with one attached hydrogen (secondary N) is 2. The minimum Gasteiger partial charge on any atom is -0.489 e. The van der Waals surface area contributed by atoms with E-state index in [9.17, 15) is 9.59 Å². The predicted octanol–water partition coefficient (Wildman–Crippen LogP) is 4.20. The lowest BCUT2D eigenvalue weighted by Gasteiger charge is -2.26. The number of benzene rings is 1. The number of allylic oxidation sites excluding steroid dienone is 1. The standard InChI is InChI=1S/C19H19BrN2O4S/c1-10-16(18(23)25-3)17(22-19(24)21-10)15-8-12(11(2)27-15)9-26-14-6-4-13(20)5-7-14/h4-8,17H,9H2,1-3H3,(H2,21,22,24). The molecule has 0 radical (unpaired) electrons. The largest absolute Gasteiger partial charge is 0.489 e. The maximum absolute atomic E-state index is 12.2. The van der Waals surface area contributed by atoms with E-state index in [1.807, 2.05) is 37.3 Å². The molecule has 0 fully saturated rings. The van der Waals surface area contributed by atoms with E-state index < -0.39 is 12.0 Å². The molecule has 0 saturated heterocycles. The Morgan fingerprint density at radius 2 is 1.96 bits per heavy atom. The number of carbonyl (C=O) groups excluding carboxylic acids is 2. The second-order valence-corrected chi connectivity index (χ2v) is 8.24. The fraction of sp³-hybridized carbons (Fsp3) is 0.263. The van der Waals surface area contributed by atoms with Crippen molar-refractivity contribution in [2.75, 3.05) is 7.11 Å². The fourth-order valence-corrected chi connectivity index (χ4v) is 4.17. The maximum atomic E-state index is 12.2. The summed E-state index contributed by atoms with van der Waals surface area (Å²) in [6.45, 7) is 4.08. The molecule has 2 amide bonds. The highest BCUT2D eigenvalue weighted by atomic mass is 79.9. The number of halogens is 1. The van der Waals surface area contributed by atoms with Crippen molar-refractivity contribution in [1.29, 1.82) is 0 Å². The van der Waals surface area contributed by atoms with Crippen LogP contribution in [0.2, 0.25) is 0 Å². The minimum absolute atomic E-state index is 0.344. The second-order valence-electron chi connectivity index (χ2n) is 6.03. The zero-order valence-electron chi connectivity index (χ0n) is 15.1. The molecule has 8 heteroatoms. The van der Waals surface area contributed by atoms with Gasteiger partial charge in [-0.25, -0.2) is 9.59 Å². The van der Waals surface area contributed by atoms with Crippen LogP contribution in [-0.4, -0.2) is 19.1 Å². The van der Waals surface area contributed by atoms with Gasteiger partial charge in [0.1, 0.15) is 12.4 Å². The highest BCUT2D eigenvalue weighted by Crippen LogP contribution is 2.34. The molecule has 1 unspecified atom stereocenters. The first-order valence-electron chi connectivity index (χ1n) is 8.23. The van der Waals surface area contributed by atoms with Crippen LogP contribution in [0.3, 0.4) is 0 Å². The molecule has 3 rings (SSSR count). The van der Waals surface area contributed by atoms with Gasteiger partial charge >= 0.3 is 12.0 Å². The first-order valence-corrected chi connectivity index (χ1v) is 9.84. The summed E-state index contributed by atoms with van der Waals surface area (Å²) in [4.78, 5) is 26.0. The molecule has 2 aromatic rings. The van der Waals surface area contributed by atoms with Crippen LogP contribution in [0.5, 0.6) is 5.75 Å². The first-order chi connectivity index (χ1) is 12.9. The van der Waals surface area contributed by atoms with Gasteiger partial charge in [-0.15, -0.1) is 11.3 Å². The summed E-state index contributed by atoms with van der Waals surface area (Å²) in [5.74, 6) is 0.301. The van der Waals surface area contributed by atoms with Gasteiger partial charge in [-0.3, -0.25) is 0 Å². The Balaban J connectivity index is 1.83. The number of hydrogen-bond acceptors (Lipinski definition) is 5. The SMILES string of the molecule is COC(=O)C1=C(C)NC(=O)NC1c1cc(COc2ccc(Br)cc2)c(C)s1. The molecule has 142 valence electrons. The van der Waals surface area contributed by atoms with Crippen molar-refractivity contribution in [3.63, 3.8) is 0 Å². The third kappa shape index (κ3) is 4.33. The lowest BCUT2D eigenvalue weighted by molar-refractivity contribution is -0.136. The molecule has 0 saturated carbocycles.